The van der Waals surface area contributed by atoms with Crippen molar-refractivity contribution in [2.45, 2.75) is 13.8 Å². The molecule has 0 unspecified atom stereocenters. The number of carbonyl (C=O) groups excluding carboxylic acids is 1. The van der Waals surface area contributed by atoms with Gasteiger partial charge in [-0.2, -0.15) is 0 Å². The molecule has 1 N–H and O–H groups in total. The van der Waals surface area contributed by atoms with Gasteiger partial charge in [0, 0.05) is 22.1 Å². The minimum atomic E-state index is -0.409. The summed E-state index contributed by atoms with van der Waals surface area (Å²) in [5.41, 5.74) is 2.11. The largest absolute Gasteiger partial charge is 0.462 e. The fourth-order valence-electron chi connectivity index (χ4n) is 1.71. The lowest BCUT2D eigenvalue weighted by atomic mass is 10.1. The van der Waals surface area contributed by atoms with Crippen LogP contribution in [-0.4, -0.2) is 17.6 Å². The molecule has 0 saturated carbocycles. The van der Waals surface area contributed by atoms with Crippen LogP contribution in [0.3, 0.4) is 0 Å². The zero-order chi connectivity index (χ0) is 13.3. The first-order chi connectivity index (χ1) is 8.54. The number of carbonyl (C=O) groups is 1. The fourth-order valence-corrected chi connectivity index (χ4v) is 2.18. The van der Waals surface area contributed by atoms with Crippen LogP contribution in [0.4, 0.5) is 0 Å². The second-order valence-electron chi connectivity index (χ2n) is 3.90. The molecule has 0 spiro atoms. The van der Waals surface area contributed by atoms with E-state index in [0.29, 0.717) is 21.7 Å². The second kappa shape index (κ2) is 5.08. The highest BCUT2D eigenvalue weighted by molar-refractivity contribution is 7.71. The number of esters is 1. The topological polar surface area (TPSA) is 42.1 Å². The molecular formula is C13H12ClNO2S. The number of pyridine rings is 1. The van der Waals surface area contributed by atoms with Gasteiger partial charge in [0.05, 0.1) is 16.7 Å². The van der Waals surface area contributed by atoms with Crippen molar-refractivity contribution in [3.8, 4) is 0 Å². The highest BCUT2D eigenvalue weighted by Crippen LogP contribution is 2.24. The number of aromatic nitrogens is 1. The van der Waals surface area contributed by atoms with Crippen LogP contribution in [0.15, 0.2) is 18.3 Å². The van der Waals surface area contributed by atoms with Gasteiger partial charge in [-0.25, -0.2) is 4.79 Å². The number of H-pyrrole nitrogens is 1. The van der Waals surface area contributed by atoms with Crippen molar-refractivity contribution in [2.75, 3.05) is 6.61 Å². The number of ether oxygens (including phenoxy) is 1. The first-order valence-corrected chi connectivity index (χ1v) is 6.32. The summed E-state index contributed by atoms with van der Waals surface area (Å²) >= 11 is 11.4. The quantitative estimate of drug-likeness (QED) is 0.667. The standard InChI is InChI=1S/C13H12ClNO2S/c1-3-17-13(16)9-6-15-11-5-10(14)7(2)4-8(11)12(9)18/h4-6H,3H2,1-2H3,(H,15,18). The summed E-state index contributed by atoms with van der Waals surface area (Å²) in [6.07, 6.45) is 1.56. The van der Waals surface area contributed by atoms with Crippen LogP contribution in [0.5, 0.6) is 0 Å². The Bertz CT molecular complexity index is 678. The third-order valence-corrected chi connectivity index (χ3v) is 3.50. The van der Waals surface area contributed by atoms with Crippen LogP contribution in [0.1, 0.15) is 22.8 Å². The average molecular weight is 282 g/mol. The molecule has 1 aromatic carbocycles. The van der Waals surface area contributed by atoms with Crippen LogP contribution in [-0.2, 0) is 4.74 Å². The number of aromatic amines is 1. The molecule has 0 bridgehead atoms. The molecule has 0 radical (unpaired) electrons. The molecule has 0 aliphatic carbocycles. The van der Waals surface area contributed by atoms with Crippen molar-refractivity contribution in [1.82, 2.24) is 4.98 Å². The van der Waals surface area contributed by atoms with Gasteiger partial charge < -0.3 is 9.72 Å². The van der Waals surface area contributed by atoms with Crippen molar-refractivity contribution in [3.63, 3.8) is 0 Å². The smallest absolute Gasteiger partial charge is 0.341 e. The number of hydrogen-bond acceptors (Lipinski definition) is 3. The summed E-state index contributed by atoms with van der Waals surface area (Å²) < 4.78 is 5.45. The molecule has 1 heterocycles. The number of aryl methyl sites for hydroxylation is 1. The van der Waals surface area contributed by atoms with E-state index in [1.54, 1.807) is 19.2 Å². The minimum Gasteiger partial charge on any atom is -0.462 e. The van der Waals surface area contributed by atoms with Crippen molar-refractivity contribution >= 4 is 40.7 Å². The number of benzene rings is 1. The van der Waals surface area contributed by atoms with Crippen molar-refractivity contribution in [2.24, 2.45) is 0 Å². The maximum absolute atomic E-state index is 11.7. The summed E-state index contributed by atoms with van der Waals surface area (Å²) in [5, 5.41) is 1.47. The Morgan fingerprint density at radius 2 is 2.22 bits per heavy atom. The van der Waals surface area contributed by atoms with E-state index in [0.717, 1.165) is 16.5 Å². The highest BCUT2D eigenvalue weighted by atomic mass is 35.5. The highest BCUT2D eigenvalue weighted by Gasteiger charge is 2.12. The van der Waals surface area contributed by atoms with E-state index >= 15 is 0 Å². The fraction of sp³-hybridized carbons (Fsp3) is 0.231. The Morgan fingerprint density at radius 1 is 1.50 bits per heavy atom. The number of fused-ring (bicyclic) bond motifs is 1. The minimum absolute atomic E-state index is 0.325. The van der Waals surface area contributed by atoms with E-state index in [1.807, 2.05) is 13.0 Å². The molecule has 0 aliphatic rings. The number of halogens is 1. The van der Waals surface area contributed by atoms with Gasteiger partial charge in [-0.3, -0.25) is 0 Å². The van der Waals surface area contributed by atoms with Gasteiger partial charge in [-0.15, -0.1) is 0 Å². The molecule has 0 atom stereocenters. The maximum atomic E-state index is 11.7. The average Bonchev–Trinajstić information content (AvgIpc) is 2.32. The molecule has 18 heavy (non-hydrogen) atoms. The molecule has 2 aromatic rings. The van der Waals surface area contributed by atoms with E-state index in [9.17, 15) is 4.79 Å². The molecular weight excluding hydrogens is 270 g/mol. The van der Waals surface area contributed by atoms with Crippen LogP contribution in [0.2, 0.25) is 5.02 Å². The number of nitrogens with one attached hydrogen (secondary N) is 1. The molecule has 3 nitrogen and oxygen atoms in total. The maximum Gasteiger partial charge on any atom is 0.341 e. The van der Waals surface area contributed by atoms with Gasteiger partial charge in [-0.1, -0.05) is 23.8 Å². The summed E-state index contributed by atoms with van der Waals surface area (Å²) in [6, 6.07) is 3.68. The van der Waals surface area contributed by atoms with Crippen LogP contribution in [0.25, 0.3) is 10.9 Å². The third kappa shape index (κ3) is 2.26. The molecule has 1 aromatic heterocycles. The van der Waals surface area contributed by atoms with Crippen molar-refractivity contribution in [1.29, 1.82) is 0 Å². The van der Waals surface area contributed by atoms with Gasteiger partial charge in [-0.05, 0) is 31.5 Å². The van der Waals surface area contributed by atoms with E-state index < -0.39 is 5.97 Å². The van der Waals surface area contributed by atoms with E-state index in [-0.39, 0.29) is 0 Å². The Hall–Kier alpha value is -1.39. The zero-order valence-corrected chi connectivity index (χ0v) is 11.6. The van der Waals surface area contributed by atoms with Crippen LogP contribution in [0, 0.1) is 11.4 Å². The Morgan fingerprint density at radius 3 is 2.89 bits per heavy atom. The van der Waals surface area contributed by atoms with Gasteiger partial charge in [0.15, 0.2) is 0 Å². The van der Waals surface area contributed by atoms with Crippen LogP contribution < -0.4 is 0 Å². The number of hydrogen-bond donors (Lipinski definition) is 1. The lowest BCUT2D eigenvalue weighted by Crippen LogP contribution is -2.06. The molecule has 0 aliphatic heterocycles. The van der Waals surface area contributed by atoms with E-state index in [1.165, 1.54) is 0 Å². The Balaban J connectivity index is 2.68. The Kier molecular flexibility index (Phi) is 3.68. The van der Waals surface area contributed by atoms with Crippen molar-refractivity contribution < 1.29 is 9.53 Å². The monoisotopic (exact) mass is 281 g/mol. The SMILES string of the molecule is CCOC(=O)c1c[nH]c2cc(Cl)c(C)cc2c1=S. The zero-order valence-electron chi connectivity index (χ0n) is 10.0. The van der Waals surface area contributed by atoms with Gasteiger partial charge >= 0.3 is 5.97 Å². The Labute approximate surface area is 115 Å². The third-order valence-electron chi connectivity index (χ3n) is 2.66. The summed E-state index contributed by atoms with van der Waals surface area (Å²) in [6.45, 7) is 3.98. The summed E-state index contributed by atoms with van der Waals surface area (Å²) in [7, 11) is 0. The molecule has 94 valence electrons. The predicted octanol–water partition coefficient (Wildman–Crippen LogP) is 4.04. The summed E-state index contributed by atoms with van der Waals surface area (Å²) in [4.78, 5) is 14.7. The molecule has 0 fully saturated rings. The van der Waals surface area contributed by atoms with E-state index in [4.69, 9.17) is 28.6 Å². The predicted molar refractivity (Wildman–Crippen MR) is 74.8 cm³/mol. The lowest BCUT2D eigenvalue weighted by molar-refractivity contribution is 0.0525. The van der Waals surface area contributed by atoms with Crippen LogP contribution >= 0.6 is 23.8 Å². The molecule has 2 rings (SSSR count). The van der Waals surface area contributed by atoms with Gasteiger partial charge in [0.25, 0.3) is 0 Å². The first kappa shape index (κ1) is 13.1. The lowest BCUT2D eigenvalue weighted by Gasteiger charge is -2.06. The van der Waals surface area contributed by atoms with E-state index in [2.05, 4.69) is 4.98 Å². The normalized spacial score (nSPS) is 10.6. The number of rotatable bonds is 2. The molecule has 0 saturated heterocycles. The second-order valence-corrected chi connectivity index (χ2v) is 4.71. The summed E-state index contributed by atoms with van der Waals surface area (Å²) in [5.74, 6) is -0.409. The van der Waals surface area contributed by atoms with Gasteiger partial charge in [0.1, 0.15) is 0 Å². The van der Waals surface area contributed by atoms with Crippen molar-refractivity contribution in [3.05, 3.63) is 39.0 Å². The van der Waals surface area contributed by atoms with Gasteiger partial charge in [0.2, 0.25) is 0 Å². The molecule has 5 heteroatoms. The molecule has 0 amide bonds. The first-order valence-electron chi connectivity index (χ1n) is 5.53.